The van der Waals surface area contributed by atoms with Gasteiger partial charge in [0.05, 0.1) is 43.8 Å². The Balaban J connectivity index is 1.43. The number of ether oxygens (including phenoxy) is 6. The quantitative estimate of drug-likeness (QED) is 0.258. The maximum Gasteiger partial charge on any atom is 0.344 e. The van der Waals surface area contributed by atoms with Gasteiger partial charge in [-0.1, -0.05) is 12.1 Å². The van der Waals surface area contributed by atoms with Crippen molar-refractivity contribution >= 4 is 16.6 Å². The third-order valence-corrected chi connectivity index (χ3v) is 7.64. The van der Waals surface area contributed by atoms with Crippen LogP contribution in [0.4, 0.5) is 0 Å². The second-order valence-electron chi connectivity index (χ2n) is 9.85. The topological polar surface area (TPSA) is 129 Å². The van der Waals surface area contributed by atoms with Crippen molar-refractivity contribution in [1.29, 1.82) is 0 Å². The molecule has 0 radical (unpaired) electrons. The zero-order chi connectivity index (χ0) is 29.2. The van der Waals surface area contributed by atoms with Crippen molar-refractivity contribution < 1.29 is 32.8 Å². The first kappa shape index (κ1) is 25.0. The Bertz CT molecular complexity index is 2150. The fourth-order valence-electron chi connectivity index (χ4n) is 5.68. The van der Waals surface area contributed by atoms with Crippen molar-refractivity contribution in [2.24, 2.45) is 0 Å². The van der Waals surface area contributed by atoms with Gasteiger partial charge in [0.25, 0.3) is 0 Å². The summed E-state index contributed by atoms with van der Waals surface area (Å²) in [5, 5.41) is 5.31. The summed E-state index contributed by atoms with van der Waals surface area (Å²) in [5.74, 6) is 2.84. The molecule has 12 heteroatoms. The van der Waals surface area contributed by atoms with Gasteiger partial charge < -0.3 is 32.8 Å². The molecule has 0 saturated heterocycles. The van der Waals surface area contributed by atoms with E-state index in [1.54, 1.807) is 35.9 Å². The molecular weight excluding hydrogens is 556 g/mol. The lowest BCUT2D eigenvalue weighted by atomic mass is 9.83. The number of benzene rings is 3. The minimum Gasteiger partial charge on any atom is -0.496 e. The molecule has 0 aliphatic carbocycles. The summed E-state index contributed by atoms with van der Waals surface area (Å²) >= 11 is 0. The lowest BCUT2D eigenvalue weighted by Gasteiger charge is -2.28. The average Bonchev–Trinajstić information content (AvgIpc) is 3.70. The van der Waals surface area contributed by atoms with Gasteiger partial charge in [0.1, 0.15) is 17.7 Å². The Morgan fingerprint density at radius 1 is 0.884 bits per heavy atom. The Morgan fingerprint density at radius 2 is 1.67 bits per heavy atom. The van der Waals surface area contributed by atoms with Crippen LogP contribution in [0, 0.1) is 0 Å². The molecule has 2 aliphatic rings. The highest BCUT2D eigenvalue weighted by molar-refractivity contribution is 5.87. The molecule has 3 aromatic heterocycles. The third-order valence-electron chi connectivity index (χ3n) is 7.64. The monoisotopic (exact) mass is 578 g/mol. The van der Waals surface area contributed by atoms with Gasteiger partial charge in [0.2, 0.25) is 12.7 Å². The summed E-state index contributed by atoms with van der Waals surface area (Å²) in [5.41, 5.74) is 2.32. The number of hydrogen-bond donors (Lipinski definition) is 0. The number of fused-ring (bicyclic) bond motifs is 7. The van der Waals surface area contributed by atoms with E-state index >= 15 is 0 Å². The van der Waals surface area contributed by atoms with Crippen LogP contribution in [0.3, 0.4) is 0 Å². The van der Waals surface area contributed by atoms with Gasteiger partial charge in [0.15, 0.2) is 40.2 Å². The van der Waals surface area contributed by atoms with Gasteiger partial charge >= 0.3 is 5.63 Å². The van der Waals surface area contributed by atoms with E-state index in [1.165, 1.54) is 20.5 Å². The Hall–Kier alpha value is -5.78. The van der Waals surface area contributed by atoms with Crippen molar-refractivity contribution in [3.8, 4) is 51.8 Å². The maximum absolute atomic E-state index is 13.8. The third kappa shape index (κ3) is 3.69. The molecule has 0 spiro atoms. The van der Waals surface area contributed by atoms with Crippen LogP contribution in [-0.2, 0) is 0 Å². The highest BCUT2D eigenvalue weighted by atomic mass is 16.7. The maximum atomic E-state index is 13.8. The molecule has 43 heavy (non-hydrogen) atoms. The molecule has 6 aromatic rings. The van der Waals surface area contributed by atoms with Crippen LogP contribution in [0.25, 0.3) is 28.0 Å². The minimum absolute atomic E-state index is 0.150. The van der Waals surface area contributed by atoms with Gasteiger partial charge in [0, 0.05) is 17.2 Å². The fourth-order valence-corrected chi connectivity index (χ4v) is 5.68. The first-order valence-electron chi connectivity index (χ1n) is 13.3. The predicted octanol–water partition coefficient (Wildman–Crippen LogP) is 4.94. The molecule has 0 saturated carbocycles. The van der Waals surface area contributed by atoms with Crippen molar-refractivity contribution in [1.82, 2.24) is 19.6 Å². The molecule has 0 fully saturated rings. The lowest BCUT2D eigenvalue weighted by molar-refractivity contribution is 0.174. The first-order chi connectivity index (χ1) is 21.1. The van der Waals surface area contributed by atoms with Crippen LogP contribution in [0.2, 0.25) is 0 Å². The van der Waals surface area contributed by atoms with Crippen LogP contribution in [0.5, 0.6) is 40.4 Å². The average molecular weight is 579 g/mol. The summed E-state index contributed by atoms with van der Waals surface area (Å²) in [6.07, 6.45) is 1.53. The van der Waals surface area contributed by atoms with Gasteiger partial charge in [-0.15, -0.1) is 5.10 Å². The van der Waals surface area contributed by atoms with Crippen LogP contribution in [0.15, 0.2) is 70.1 Å². The molecule has 0 N–H and O–H groups in total. The van der Waals surface area contributed by atoms with E-state index in [9.17, 15) is 4.79 Å². The van der Waals surface area contributed by atoms with E-state index in [1.807, 2.05) is 30.3 Å². The zero-order valence-corrected chi connectivity index (χ0v) is 23.1. The molecule has 5 heterocycles. The summed E-state index contributed by atoms with van der Waals surface area (Å²) in [6, 6.07) is 16.1. The van der Waals surface area contributed by atoms with Crippen molar-refractivity contribution in [3.63, 3.8) is 0 Å². The van der Waals surface area contributed by atoms with E-state index in [2.05, 4.69) is 4.98 Å². The van der Waals surface area contributed by atoms with Crippen LogP contribution >= 0.6 is 0 Å². The summed E-state index contributed by atoms with van der Waals surface area (Å²) in [6.45, 7) is 0.150. The van der Waals surface area contributed by atoms with E-state index in [0.717, 1.165) is 0 Å². The van der Waals surface area contributed by atoms with Crippen LogP contribution < -0.4 is 34.0 Å². The predicted molar refractivity (Wildman–Crippen MR) is 152 cm³/mol. The molecule has 1 atom stereocenters. The van der Waals surface area contributed by atoms with Gasteiger partial charge in [-0.2, -0.15) is 0 Å². The second kappa shape index (κ2) is 9.38. The molecular formula is C31H22N4O8. The molecule has 12 nitrogen and oxygen atoms in total. The summed E-state index contributed by atoms with van der Waals surface area (Å²) in [7, 11) is 4.62. The number of hydrogen-bond acceptors (Lipinski definition) is 11. The van der Waals surface area contributed by atoms with E-state index in [-0.39, 0.29) is 18.2 Å². The molecule has 214 valence electrons. The zero-order valence-electron chi connectivity index (χ0n) is 23.1. The summed E-state index contributed by atoms with van der Waals surface area (Å²) in [4.78, 5) is 23.3. The Morgan fingerprint density at radius 3 is 2.51 bits per heavy atom. The van der Waals surface area contributed by atoms with Gasteiger partial charge in [-0.05, 0) is 36.4 Å². The molecule has 2 aliphatic heterocycles. The SMILES string of the molecule is COc1cc(OC)c(C2c3c(c4ccccc4oc3=O)Oc3ncn4nc(-c5ccc6c(c5)OCO6)nc4c32)cc1OC. The van der Waals surface area contributed by atoms with Gasteiger partial charge in [-0.25, -0.2) is 19.3 Å². The van der Waals surface area contributed by atoms with Crippen molar-refractivity contribution in [2.45, 2.75) is 5.92 Å². The molecule has 0 bridgehead atoms. The van der Waals surface area contributed by atoms with Crippen LogP contribution in [0.1, 0.15) is 22.6 Å². The largest absolute Gasteiger partial charge is 0.496 e. The number of rotatable bonds is 5. The number of aromatic nitrogens is 4. The standard InChI is InChI=1S/C31H22N4O8/c1-37-20-12-22(39-3)21(38-2)11-17(20)24-25-27(16-6-4-5-7-18(16)42-31(25)36)43-30-26(24)29-33-28(34-35(29)13-32-30)15-8-9-19-23(10-15)41-14-40-19/h4-13,24H,14H2,1-3H3. The van der Waals surface area contributed by atoms with E-state index in [0.29, 0.717) is 73.6 Å². The van der Waals surface area contributed by atoms with E-state index < -0.39 is 11.5 Å². The molecule has 8 rings (SSSR count). The highest BCUT2D eigenvalue weighted by Gasteiger charge is 2.39. The molecule has 3 aromatic carbocycles. The van der Waals surface area contributed by atoms with Crippen molar-refractivity contribution in [3.05, 3.63) is 88.0 Å². The smallest absolute Gasteiger partial charge is 0.344 e. The fraction of sp³-hybridized carbons (Fsp3) is 0.161. The lowest BCUT2D eigenvalue weighted by Crippen LogP contribution is -2.23. The van der Waals surface area contributed by atoms with Crippen LogP contribution in [-0.4, -0.2) is 47.7 Å². The molecule has 0 amide bonds. The number of para-hydroxylation sites is 1. The van der Waals surface area contributed by atoms with Gasteiger partial charge in [-0.3, -0.25) is 0 Å². The number of methoxy groups -OCH3 is 3. The minimum atomic E-state index is -0.792. The first-order valence-corrected chi connectivity index (χ1v) is 13.3. The summed E-state index contributed by atoms with van der Waals surface area (Å²) < 4.78 is 41.8. The Labute approximate surface area is 242 Å². The highest BCUT2D eigenvalue weighted by Crippen LogP contribution is 2.52. The van der Waals surface area contributed by atoms with Crippen molar-refractivity contribution in [2.75, 3.05) is 28.1 Å². The second-order valence-corrected chi connectivity index (χ2v) is 9.85. The molecule has 1 unspecified atom stereocenters. The van der Waals surface area contributed by atoms with E-state index in [4.69, 9.17) is 42.9 Å². The normalized spacial score (nSPS) is 14.7. The number of nitrogens with zero attached hydrogens (tertiary/aromatic N) is 4. The Kier molecular flexibility index (Phi) is 5.45.